The number of oxazole rings is 1. The minimum atomic E-state index is 0.00190. The van der Waals surface area contributed by atoms with Gasteiger partial charge in [0.1, 0.15) is 6.26 Å². The second-order valence-corrected chi connectivity index (χ2v) is 6.89. The molecule has 0 aliphatic carbocycles. The van der Waals surface area contributed by atoms with E-state index in [0.29, 0.717) is 24.2 Å². The molecule has 23 heavy (non-hydrogen) atoms. The van der Waals surface area contributed by atoms with Gasteiger partial charge in [0.2, 0.25) is 5.89 Å². The molecule has 1 aromatic rings. The maximum absolute atomic E-state index is 12.6. The molecule has 0 aromatic carbocycles. The minimum Gasteiger partial charge on any atom is -0.447 e. The first-order chi connectivity index (χ1) is 11.1. The number of hydrogen-bond acceptors (Lipinski definition) is 5. The van der Waals surface area contributed by atoms with Crippen molar-refractivity contribution in [3.8, 4) is 0 Å². The van der Waals surface area contributed by atoms with E-state index in [1.54, 1.807) is 0 Å². The monoisotopic (exact) mass is 320 g/mol. The highest BCUT2D eigenvalue weighted by Gasteiger charge is 2.25. The van der Waals surface area contributed by atoms with E-state index in [0.717, 1.165) is 39.3 Å². The van der Waals surface area contributed by atoms with E-state index >= 15 is 0 Å². The Hall–Kier alpha value is -1.40. The van der Waals surface area contributed by atoms with Crippen molar-refractivity contribution in [1.82, 2.24) is 19.7 Å². The first-order valence-electron chi connectivity index (χ1n) is 8.83. The third-order valence-corrected chi connectivity index (χ3v) is 4.91. The Kier molecular flexibility index (Phi) is 5.33. The van der Waals surface area contributed by atoms with Crippen molar-refractivity contribution >= 4 is 5.91 Å². The molecule has 0 bridgehead atoms. The van der Waals surface area contributed by atoms with Gasteiger partial charge in [0.05, 0.1) is 6.54 Å². The Morgan fingerprint density at radius 3 is 2.48 bits per heavy atom. The Balaban J connectivity index is 1.54. The molecule has 2 aliphatic heterocycles. The number of carbonyl (C=O) groups is 1. The zero-order chi connectivity index (χ0) is 16.2. The maximum atomic E-state index is 12.6. The highest BCUT2D eigenvalue weighted by atomic mass is 16.3. The van der Waals surface area contributed by atoms with Gasteiger partial charge in [-0.2, -0.15) is 0 Å². The lowest BCUT2D eigenvalue weighted by Crippen LogP contribution is -2.50. The van der Waals surface area contributed by atoms with E-state index < -0.39 is 0 Å². The number of aromatic nitrogens is 1. The SMILES string of the molecule is CC(C)N1CCN(C(=O)c2coc(CN3CCCCC3)n2)CC1. The molecule has 1 amide bonds. The van der Waals surface area contributed by atoms with Crippen LogP contribution in [0.25, 0.3) is 0 Å². The molecule has 0 spiro atoms. The molecule has 128 valence electrons. The van der Waals surface area contributed by atoms with Crippen molar-refractivity contribution < 1.29 is 9.21 Å². The summed E-state index contributed by atoms with van der Waals surface area (Å²) in [4.78, 5) is 23.6. The number of likely N-dealkylation sites (tertiary alicyclic amines) is 1. The van der Waals surface area contributed by atoms with Crippen molar-refractivity contribution in [2.45, 2.75) is 45.7 Å². The van der Waals surface area contributed by atoms with Crippen molar-refractivity contribution in [3.05, 3.63) is 17.8 Å². The van der Waals surface area contributed by atoms with Gasteiger partial charge in [0.15, 0.2) is 5.69 Å². The largest absolute Gasteiger partial charge is 0.447 e. The Labute approximate surface area is 138 Å². The standard InChI is InChI=1S/C17H28N4O2/c1-14(2)20-8-10-21(11-9-20)17(22)15-13-23-16(18-15)12-19-6-4-3-5-7-19/h13-14H,3-12H2,1-2H3. The molecule has 0 N–H and O–H groups in total. The highest BCUT2D eigenvalue weighted by Crippen LogP contribution is 2.14. The lowest BCUT2D eigenvalue weighted by molar-refractivity contribution is 0.0590. The maximum Gasteiger partial charge on any atom is 0.275 e. The second kappa shape index (κ2) is 7.45. The normalized spacial score (nSPS) is 21.1. The van der Waals surface area contributed by atoms with Crippen LogP contribution in [0.3, 0.4) is 0 Å². The molecule has 0 unspecified atom stereocenters. The van der Waals surface area contributed by atoms with Gasteiger partial charge in [-0.1, -0.05) is 6.42 Å². The second-order valence-electron chi connectivity index (χ2n) is 6.89. The number of rotatable bonds is 4. The molecule has 2 fully saturated rings. The average Bonchev–Trinajstić information content (AvgIpc) is 3.03. The van der Waals surface area contributed by atoms with Crippen LogP contribution >= 0.6 is 0 Å². The zero-order valence-corrected chi connectivity index (χ0v) is 14.3. The molecular weight excluding hydrogens is 292 g/mol. The highest BCUT2D eigenvalue weighted by molar-refractivity contribution is 5.92. The molecule has 6 nitrogen and oxygen atoms in total. The van der Waals surface area contributed by atoms with Gasteiger partial charge in [-0.15, -0.1) is 0 Å². The molecule has 2 saturated heterocycles. The molecule has 0 saturated carbocycles. The molecule has 6 heteroatoms. The molecule has 0 atom stereocenters. The van der Waals surface area contributed by atoms with E-state index in [2.05, 4.69) is 28.6 Å². The smallest absolute Gasteiger partial charge is 0.275 e. The van der Waals surface area contributed by atoms with E-state index in [4.69, 9.17) is 4.42 Å². The summed E-state index contributed by atoms with van der Waals surface area (Å²) in [5.41, 5.74) is 0.454. The molecule has 3 heterocycles. The first-order valence-corrected chi connectivity index (χ1v) is 8.83. The van der Waals surface area contributed by atoms with Crippen LogP contribution in [0.2, 0.25) is 0 Å². The van der Waals surface area contributed by atoms with Gasteiger partial charge >= 0.3 is 0 Å². The summed E-state index contributed by atoms with van der Waals surface area (Å²) in [5.74, 6) is 0.665. The third-order valence-electron chi connectivity index (χ3n) is 4.91. The molecule has 2 aliphatic rings. The minimum absolute atomic E-state index is 0.00190. The summed E-state index contributed by atoms with van der Waals surface area (Å²) in [6, 6.07) is 0.537. The summed E-state index contributed by atoms with van der Waals surface area (Å²) >= 11 is 0. The molecule has 0 radical (unpaired) electrons. The van der Waals surface area contributed by atoms with E-state index in [-0.39, 0.29) is 5.91 Å². The van der Waals surface area contributed by atoms with E-state index in [9.17, 15) is 4.79 Å². The Bertz CT molecular complexity index is 514. The van der Waals surface area contributed by atoms with Crippen molar-refractivity contribution in [2.24, 2.45) is 0 Å². The van der Waals surface area contributed by atoms with Crippen LogP contribution in [-0.4, -0.2) is 70.9 Å². The van der Waals surface area contributed by atoms with Gasteiger partial charge in [-0.25, -0.2) is 4.98 Å². The molecular formula is C17H28N4O2. The number of amides is 1. The zero-order valence-electron chi connectivity index (χ0n) is 14.3. The Morgan fingerprint density at radius 1 is 1.13 bits per heavy atom. The van der Waals surface area contributed by atoms with E-state index in [1.807, 2.05) is 4.90 Å². The summed E-state index contributed by atoms with van der Waals surface area (Å²) in [5, 5.41) is 0. The number of nitrogens with zero attached hydrogens (tertiary/aromatic N) is 4. The van der Waals surface area contributed by atoms with Crippen LogP contribution in [0.5, 0.6) is 0 Å². The first kappa shape index (κ1) is 16.5. The third kappa shape index (κ3) is 4.12. The number of carbonyl (C=O) groups excluding carboxylic acids is 1. The van der Waals surface area contributed by atoms with Gasteiger partial charge in [-0.3, -0.25) is 14.6 Å². The average molecular weight is 320 g/mol. The summed E-state index contributed by atoms with van der Waals surface area (Å²) < 4.78 is 5.53. The van der Waals surface area contributed by atoms with Crippen LogP contribution in [0, 0.1) is 0 Å². The van der Waals surface area contributed by atoms with E-state index in [1.165, 1.54) is 25.5 Å². The fourth-order valence-electron chi connectivity index (χ4n) is 3.39. The van der Waals surface area contributed by atoms with Crippen LogP contribution in [0.1, 0.15) is 49.5 Å². The van der Waals surface area contributed by atoms with Crippen LogP contribution in [0.15, 0.2) is 10.7 Å². The van der Waals surface area contributed by atoms with Gasteiger partial charge in [0.25, 0.3) is 5.91 Å². The summed E-state index contributed by atoms with van der Waals surface area (Å²) in [7, 11) is 0. The summed E-state index contributed by atoms with van der Waals surface area (Å²) in [6.45, 7) is 10.7. The molecule has 1 aromatic heterocycles. The van der Waals surface area contributed by atoms with Crippen LogP contribution in [0.4, 0.5) is 0 Å². The predicted molar refractivity (Wildman–Crippen MR) is 88.2 cm³/mol. The van der Waals surface area contributed by atoms with Crippen molar-refractivity contribution in [1.29, 1.82) is 0 Å². The van der Waals surface area contributed by atoms with Gasteiger partial charge < -0.3 is 9.32 Å². The molecule has 3 rings (SSSR count). The lowest BCUT2D eigenvalue weighted by Gasteiger charge is -2.36. The van der Waals surface area contributed by atoms with Crippen molar-refractivity contribution in [2.75, 3.05) is 39.3 Å². The topological polar surface area (TPSA) is 52.8 Å². The fraction of sp³-hybridized carbons (Fsp3) is 0.765. The quantitative estimate of drug-likeness (QED) is 0.847. The fourth-order valence-corrected chi connectivity index (χ4v) is 3.39. The van der Waals surface area contributed by atoms with Crippen LogP contribution in [-0.2, 0) is 6.54 Å². The summed E-state index contributed by atoms with van der Waals surface area (Å²) in [6.07, 6.45) is 5.32. The number of hydrogen-bond donors (Lipinski definition) is 0. The van der Waals surface area contributed by atoms with Gasteiger partial charge in [-0.05, 0) is 39.8 Å². The predicted octanol–water partition coefficient (Wildman–Crippen LogP) is 1.83. The van der Waals surface area contributed by atoms with Crippen LogP contribution < -0.4 is 0 Å². The van der Waals surface area contributed by atoms with Crippen molar-refractivity contribution in [3.63, 3.8) is 0 Å². The van der Waals surface area contributed by atoms with Gasteiger partial charge in [0, 0.05) is 32.2 Å². The Morgan fingerprint density at radius 2 is 1.83 bits per heavy atom. The number of piperazine rings is 1. The lowest BCUT2D eigenvalue weighted by atomic mass is 10.1. The number of piperidine rings is 1.